The van der Waals surface area contributed by atoms with Crippen molar-refractivity contribution in [2.75, 3.05) is 24.6 Å². The summed E-state index contributed by atoms with van der Waals surface area (Å²) in [4.78, 5) is 5.36. The van der Waals surface area contributed by atoms with Crippen molar-refractivity contribution in [2.24, 2.45) is 5.73 Å². The van der Waals surface area contributed by atoms with Gasteiger partial charge < -0.3 is 15.7 Å². The molecule has 0 radical (unpaired) electrons. The fourth-order valence-corrected chi connectivity index (χ4v) is 1.48. The summed E-state index contributed by atoms with van der Waals surface area (Å²) in [5.74, 6) is 0.411. The summed E-state index contributed by atoms with van der Waals surface area (Å²) in [7, 11) is 0. The SMILES string of the molecule is C[C@@H](N)c1ccnc(N(CCO)CC(F)F)c1. The summed E-state index contributed by atoms with van der Waals surface area (Å²) in [5, 5.41) is 8.85. The van der Waals surface area contributed by atoms with Gasteiger partial charge in [-0.15, -0.1) is 0 Å². The zero-order chi connectivity index (χ0) is 12.8. The second-order valence-electron chi connectivity index (χ2n) is 3.80. The van der Waals surface area contributed by atoms with Gasteiger partial charge in [0, 0.05) is 18.8 Å². The van der Waals surface area contributed by atoms with Crippen LogP contribution in [0.25, 0.3) is 0 Å². The molecular formula is C11H17F2N3O. The molecule has 1 heterocycles. The highest BCUT2D eigenvalue weighted by Crippen LogP contribution is 2.17. The maximum Gasteiger partial charge on any atom is 0.255 e. The predicted molar refractivity (Wildman–Crippen MR) is 62.1 cm³/mol. The molecule has 0 unspecified atom stereocenters. The molecule has 1 aromatic rings. The summed E-state index contributed by atoms with van der Waals surface area (Å²) in [5.41, 5.74) is 6.54. The Kier molecular flexibility index (Phi) is 5.24. The first-order chi connectivity index (χ1) is 8.04. The molecule has 4 nitrogen and oxygen atoms in total. The summed E-state index contributed by atoms with van der Waals surface area (Å²) in [6.07, 6.45) is -0.938. The Morgan fingerprint density at radius 1 is 1.53 bits per heavy atom. The first-order valence-corrected chi connectivity index (χ1v) is 5.40. The van der Waals surface area contributed by atoms with Crippen LogP contribution in [-0.4, -0.2) is 36.2 Å². The standard InChI is InChI=1S/C11H17F2N3O/c1-8(14)9-2-3-15-11(6-9)16(4-5-17)7-10(12)13/h2-3,6,8,10,17H,4-5,7,14H2,1H3/t8-/m1/s1. The molecule has 0 aliphatic carbocycles. The van der Waals surface area contributed by atoms with Gasteiger partial charge in [-0.3, -0.25) is 0 Å². The van der Waals surface area contributed by atoms with Gasteiger partial charge in [0.1, 0.15) is 5.82 Å². The third kappa shape index (κ3) is 4.24. The Morgan fingerprint density at radius 3 is 2.76 bits per heavy atom. The molecule has 0 saturated heterocycles. The van der Waals surface area contributed by atoms with E-state index in [-0.39, 0.29) is 19.2 Å². The second kappa shape index (κ2) is 6.46. The molecule has 0 amide bonds. The fourth-order valence-electron chi connectivity index (χ4n) is 1.48. The topological polar surface area (TPSA) is 62.4 Å². The Labute approximate surface area is 99.1 Å². The van der Waals surface area contributed by atoms with E-state index in [1.54, 1.807) is 12.1 Å². The van der Waals surface area contributed by atoms with Crippen molar-refractivity contribution in [3.8, 4) is 0 Å². The largest absolute Gasteiger partial charge is 0.395 e. The summed E-state index contributed by atoms with van der Waals surface area (Å²) < 4.78 is 24.8. The van der Waals surface area contributed by atoms with Crippen LogP contribution in [0.2, 0.25) is 0 Å². The Hall–Kier alpha value is -1.27. The average molecular weight is 245 g/mol. The van der Waals surface area contributed by atoms with Gasteiger partial charge in [-0.2, -0.15) is 0 Å². The highest BCUT2D eigenvalue weighted by atomic mass is 19.3. The molecule has 0 bridgehead atoms. The first kappa shape index (κ1) is 13.8. The van der Waals surface area contributed by atoms with Gasteiger partial charge in [0.05, 0.1) is 13.2 Å². The zero-order valence-electron chi connectivity index (χ0n) is 9.68. The number of aliphatic hydroxyl groups is 1. The van der Waals surface area contributed by atoms with Crippen LogP contribution in [-0.2, 0) is 0 Å². The molecule has 3 N–H and O–H groups in total. The second-order valence-corrected chi connectivity index (χ2v) is 3.80. The van der Waals surface area contributed by atoms with Gasteiger partial charge in [-0.25, -0.2) is 13.8 Å². The normalized spacial score (nSPS) is 12.8. The number of pyridine rings is 1. The summed E-state index contributed by atoms with van der Waals surface area (Å²) >= 11 is 0. The van der Waals surface area contributed by atoms with Crippen molar-refractivity contribution in [3.05, 3.63) is 23.9 Å². The van der Waals surface area contributed by atoms with Crippen LogP contribution in [0.4, 0.5) is 14.6 Å². The van der Waals surface area contributed by atoms with Gasteiger partial charge in [0.25, 0.3) is 6.43 Å². The van der Waals surface area contributed by atoms with E-state index in [0.29, 0.717) is 5.82 Å². The van der Waals surface area contributed by atoms with Gasteiger partial charge >= 0.3 is 0 Å². The molecule has 0 aromatic carbocycles. The molecule has 1 rings (SSSR count). The molecule has 0 saturated carbocycles. The van der Waals surface area contributed by atoms with E-state index in [0.717, 1.165) is 5.56 Å². The van der Waals surface area contributed by atoms with Gasteiger partial charge in [0.15, 0.2) is 0 Å². The fraction of sp³-hybridized carbons (Fsp3) is 0.545. The molecule has 0 aliphatic heterocycles. The van der Waals surface area contributed by atoms with Crippen LogP contribution in [0.1, 0.15) is 18.5 Å². The number of nitrogens with two attached hydrogens (primary N) is 1. The Balaban J connectivity index is 2.88. The van der Waals surface area contributed by atoms with Crippen LogP contribution in [0.3, 0.4) is 0 Å². The van der Waals surface area contributed by atoms with Gasteiger partial charge in [0.2, 0.25) is 0 Å². The monoisotopic (exact) mass is 245 g/mol. The average Bonchev–Trinajstić information content (AvgIpc) is 2.28. The minimum Gasteiger partial charge on any atom is -0.395 e. The molecule has 1 aromatic heterocycles. The van der Waals surface area contributed by atoms with Crippen molar-refractivity contribution in [1.82, 2.24) is 4.98 Å². The highest BCUT2D eigenvalue weighted by molar-refractivity contribution is 5.41. The number of aromatic nitrogens is 1. The number of hydrogen-bond acceptors (Lipinski definition) is 4. The van der Waals surface area contributed by atoms with Crippen LogP contribution in [0.5, 0.6) is 0 Å². The summed E-state index contributed by atoms with van der Waals surface area (Å²) in [6.45, 7) is 1.29. The molecule has 0 fully saturated rings. The Bertz CT molecular complexity index is 347. The maximum absolute atomic E-state index is 12.4. The Morgan fingerprint density at radius 2 is 2.24 bits per heavy atom. The number of nitrogens with zero attached hydrogens (tertiary/aromatic N) is 2. The van der Waals surface area contributed by atoms with Crippen molar-refractivity contribution < 1.29 is 13.9 Å². The van der Waals surface area contributed by atoms with E-state index >= 15 is 0 Å². The zero-order valence-corrected chi connectivity index (χ0v) is 9.68. The molecule has 0 spiro atoms. The molecular weight excluding hydrogens is 228 g/mol. The van der Waals surface area contributed by atoms with E-state index in [4.69, 9.17) is 10.8 Å². The molecule has 1 atom stereocenters. The number of aliphatic hydroxyl groups excluding tert-OH is 1. The lowest BCUT2D eigenvalue weighted by Gasteiger charge is -2.23. The molecule has 96 valence electrons. The maximum atomic E-state index is 12.4. The van der Waals surface area contributed by atoms with Crippen molar-refractivity contribution >= 4 is 5.82 Å². The van der Waals surface area contributed by atoms with E-state index < -0.39 is 13.0 Å². The quantitative estimate of drug-likeness (QED) is 0.789. The lowest BCUT2D eigenvalue weighted by molar-refractivity contribution is 0.152. The van der Waals surface area contributed by atoms with E-state index in [2.05, 4.69) is 4.98 Å². The highest BCUT2D eigenvalue weighted by Gasteiger charge is 2.14. The van der Waals surface area contributed by atoms with Crippen LogP contribution in [0, 0.1) is 0 Å². The van der Waals surface area contributed by atoms with Gasteiger partial charge in [-0.05, 0) is 24.6 Å². The third-order valence-corrected chi connectivity index (χ3v) is 2.35. The van der Waals surface area contributed by atoms with Crippen LogP contribution in [0.15, 0.2) is 18.3 Å². The van der Waals surface area contributed by atoms with Crippen molar-refractivity contribution in [1.29, 1.82) is 0 Å². The summed E-state index contributed by atoms with van der Waals surface area (Å²) in [6, 6.07) is 3.23. The smallest absolute Gasteiger partial charge is 0.255 e. The van der Waals surface area contributed by atoms with E-state index in [9.17, 15) is 8.78 Å². The number of rotatable bonds is 6. The first-order valence-electron chi connectivity index (χ1n) is 5.40. The lowest BCUT2D eigenvalue weighted by atomic mass is 10.1. The number of alkyl halides is 2. The molecule has 0 aliphatic rings. The van der Waals surface area contributed by atoms with Crippen LogP contribution >= 0.6 is 0 Å². The lowest BCUT2D eigenvalue weighted by Crippen LogP contribution is -2.32. The molecule has 6 heteroatoms. The minimum atomic E-state index is -2.47. The number of hydrogen-bond donors (Lipinski definition) is 2. The van der Waals surface area contributed by atoms with Crippen LogP contribution < -0.4 is 10.6 Å². The molecule has 17 heavy (non-hydrogen) atoms. The van der Waals surface area contributed by atoms with Gasteiger partial charge in [-0.1, -0.05) is 0 Å². The van der Waals surface area contributed by atoms with E-state index in [1.165, 1.54) is 11.1 Å². The van der Waals surface area contributed by atoms with Crippen molar-refractivity contribution in [2.45, 2.75) is 19.4 Å². The minimum absolute atomic E-state index is 0.125. The third-order valence-electron chi connectivity index (χ3n) is 2.35. The number of anilines is 1. The predicted octanol–water partition coefficient (Wildman–Crippen LogP) is 1.17. The van der Waals surface area contributed by atoms with Crippen molar-refractivity contribution in [3.63, 3.8) is 0 Å². The van der Waals surface area contributed by atoms with E-state index in [1.807, 2.05) is 6.92 Å². The number of halogens is 2.